The van der Waals surface area contributed by atoms with Crippen LogP contribution < -0.4 is 15.2 Å². The predicted octanol–water partition coefficient (Wildman–Crippen LogP) is 4.88. The van der Waals surface area contributed by atoms with Crippen molar-refractivity contribution < 1.29 is 19.7 Å². The zero-order chi connectivity index (χ0) is 22.5. The third-order valence-corrected chi connectivity index (χ3v) is 5.75. The Morgan fingerprint density at radius 1 is 0.969 bits per heavy atom. The minimum absolute atomic E-state index is 0.0223. The standard InChI is InChI=1S/C23H20N4O4S/c28-21-11-10-16(14-22(21)29)20-15-32-23(25-17-6-2-1-3-7-17)26(20)13-12-24-18-8-4-5-9-19(18)27(30)31/h1-11,14-15,24,28-29H,12-13H2/p+1. The lowest BCUT2D eigenvalue weighted by Gasteiger charge is -2.09. The molecule has 0 amide bonds. The number of thiazole rings is 1. The maximum Gasteiger partial charge on any atom is 0.339 e. The van der Waals surface area contributed by atoms with Crippen molar-refractivity contribution in [1.29, 1.82) is 0 Å². The summed E-state index contributed by atoms with van der Waals surface area (Å²) in [6, 6.07) is 21.0. The Morgan fingerprint density at radius 2 is 1.72 bits per heavy atom. The average Bonchev–Trinajstić information content (AvgIpc) is 3.19. The number of para-hydroxylation sites is 3. The summed E-state index contributed by atoms with van der Waals surface area (Å²) >= 11 is 1.50. The number of rotatable bonds is 8. The first-order valence-corrected chi connectivity index (χ1v) is 10.7. The smallest absolute Gasteiger partial charge is 0.339 e. The van der Waals surface area contributed by atoms with Gasteiger partial charge in [0.2, 0.25) is 0 Å². The second-order valence-corrected chi connectivity index (χ2v) is 7.83. The summed E-state index contributed by atoms with van der Waals surface area (Å²) in [7, 11) is 0. The number of phenolic OH excluding ortho intramolecular Hbond substituents is 2. The topological polar surface area (TPSA) is 112 Å². The third kappa shape index (κ3) is 4.62. The zero-order valence-corrected chi connectivity index (χ0v) is 17.7. The van der Waals surface area contributed by atoms with Crippen LogP contribution in [0.3, 0.4) is 0 Å². The van der Waals surface area contributed by atoms with Gasteiger partial charge in [0.15, 0.2) is 11.5 Å². The highest BCUT2D eigenvalue weighted by atomic mass is 32.1. The van der Waals surface area contributed by atoms with Crippen LogP contribution in [0.5, 0.6) is 11.5 Å². The molecule has 0 unspecified atom stereocenters. The molecule has 3 aromatic carbocycles. The number of benzene rings is 3. The molecule has 162 valence electrons. The van der Waals surface area contributed by atoms with Gasteiger partial charge in [-0.15, -0.1) is 0 Å². The van der Waals surface area contributed by atoms with E-state index in [9.17, 15) is 20.3 Å². The predicted molar refractivity (Wildman–Crippen MR) is 125 cm³/mol. The molecular formula is C23H21N4O4S+. The van der Waals surface area contributed by atoms with Crippen molar-refractivity contribution in [3.05, 3.63) is 88.3 Å². The fraction of sp³-hybridized carbons (Fsp3) is 0.0870. The number of hydrogen-bond donors (Lipinski definition) is 4. The van der Waals surface area contributed by atoms with Crippen LogP contribution in [-0.2, 0) is 6.54 Å². The summed E-state index contributed by atoms with van der Waals surface area (Å²) in [6.45, 7) is 0.939. The van der Waals surface area contributed by atoms with Crippen LogP contribution in [0, 0.1) is 10.1 Å². The van der Waals surface area contributed by atoms with E-state index in [-0.39, 0.29) is 17.2 Å². The van der Waals surface area contributed by atoms with Gasteiger partial charge in [-0.1, -0.05) is 41.7 Å². The number of aromatic nitrogens is 1. The van der Waals surface area contributed by atoms with Crippen molar-refractivity contribution in [2.24, 2.45) is 0 Å². The van der Waals surface area contributed by atoms with E-state index in [0.717, 1.165) is 22.1 Å². The quantitative estimate of drug-likeness (QED) is 0.132. The number of anilines is 3. The van der Waals surface area contributed by atoms with E-state index in [2.05, 4.69) is 10.6 Å². The first-order valence-electron chi connectivity index (χ1n) is 9.86. The summed E-state index contributed by atoms with van der Waals surface area (Å²) in [4.78, 5) is 10.9. The van der Waals surface area contributed by atoms with Gasteiger partial charge in [-0.05, 0) is 36.4 Å². The van der Waals surface area contributed by atoms with E-state index >= 15 is 0 Å². The van der Waals surface area contributed by atoms with E-state index in [1.165, 1.54) is 29.5 Å². The second-order valence-electron chi connectivity index (χ2n) is 6.97. The molecule has 0 saturated carbocycles. The highest BCUT2D eigenvalue weighted by Gasteiger charge is 2.21. The molecule has 0 aliphatic heterocycles. The van der Waals surface area contributed by atoms with Crippen molar-refractivity contribution in [3.8, 4) is 22.8 Å². The van der Waals surface area contributed by atoms with Gasteiger partial charge in [-0.3, -0.25) is 10.1 Å². The molecule has 0 radical (unpaired) electrons. The largest absolute Gasteiger partial charge is 0.504 e. The van der Waals surface area contributed by atoms with Crippen molar-refractivity contribution in [1.82, 2.24) is 0 Å². The second kappa shape index (κ2) is 9.36. The number of nitro benzene ring substituents is 1. The van der Waals surface area contributed by atoms with Crippen LogP contribution in [-0.4, -0.2) is 21.7 Å². The van der Waals surface area contributed by atoms with Gasteiger partial charge in [0.05, 0.1) is 11.5 Å². The number of hydrogen-bond acceptors (Lipinski definition) is 7. The van der Waals surface area contributed by atoms with Gasteiger partial charge in [0.1, 0.15) is 23.6 Å². The summed E-state index contributed by atoms with van der Waals surface area (Å²) in [5, 5.41) is 40.3. The fourth-order valence-corrected chi connectivity index (χ4v) is 4.28. The highest BCUT2D eigenvalue weighted by Crippen LogP contribution is 2.32. The summed E-state index contributed by atoms with van der Waals surface area (Å²) < 4.78 is 2.03. The summed E-state index contributed by atoms with van der Waals surface area (Å²) in [5.41, 5.74) is 2.98. The first kappa shape index (κ1) is 21.1. The molecule has 4 N–H and O–H groups in total. The van der Waals surface area contributed by atoms with Crippen molar-refractivity contribution >= 4 is 33.5 Å². The molecule has 0 atom stereocenters. The fourth-order valence-electron chi connectivity index (χ4n) is 3.30. The minimum atomic E-state index is -0.410. The van der Waals surface area contributed by atoms with Gasteiger partial charge in [0, 0.05) is 17.0 Å². The molecule has 4 aromatic rings. The SMILES string of the molecule is O=[N+]([O-])c1ccccc1NCC[n+]1c(-c2ccc(O)c(O)c2)csc1Nc1ccccc1. The lowest BCUT2D eigenvalue weighted by Crippen LogP contribution is -2.39. The Balaban J connectivity index is 1.62. The van der Waals surface area contributed by atoms with E-state index in [0.29, 0.717) is 18.8 Å². The summed E-state index contributed by atoms with van der Waals surface area (Å²) in [5.74, 6) is -0.382. The van der Waals surface area contributed by atoms with Crippen LogP contribution in [0.4, 0.5) is 22.2 Å². The average molecular weight is 450 g/mol. The van der Waals surface area contributed by atoms with E-state index < -0.39 is 4.92 Å². The molecule has 32 heavy (non-hydrogen) atoms. The molecule has 0 aliphatic rings. The van der Waals surface area contributed by atoms with Crippen molar-refractivity contribution in [3.63, 3.8) is 0 Å². The van der Waals surface area contributed by atoms with Crippen LogP contribution in [0.1, 0.15) is 0 Å². The van der Waals surface area contributed by atoms with Crippen LogP contribution in [0.25, 0.3) is 11.3 Å². The molecule has 4 rings (SSSR count). The highest BCUT2D eigenvalue weighted by molar-refractivity contribution is 7.13. The molecule has 0 saturated heterocycles. The number of phenols is 2. The molecular weight excluding hydrogens is 428 g/mol. The maximum atomic E-state index is 11.3. The van der Waals surface area contributed by atoms with E-state index in [1.807, 2.05) is 40.3 Å². The van der Waals surface area contributed by atoms with Gasteiger partial charge < -0.3 is 15.5 Å². The van der Waals surface area contributed by atoms with Crippen molar-refractivity contribution in [2.75, 3.05) is 17.2 Å². The minimum Gasteiger partial charge on any atom is -0.504 e. The Labute approximate surface area is 188 Å². The Kier molecular flexibility index (Phi) is 6.18. The third-order valence-electron chi connectivity index (χ3n) is 4.87. The van der Waals surface area contributed by atoms with Crippen molar-refractivity contribution in [2.45, 2.75) is 6.54 Å². The Hall–Kier alpha value is -4.11. The first-order chi connectivity index (χ1) is 15.5. The Bertz CT molecular complexity index is 1240. The number of nitrogens with one attached hydrogen (secondary N) is 2. The van der Waals surface area contributed by atoms with E-state index in [4.69, 9.17) is 0 Å². The molecule has 8 nitrogen and oxygen atoms in total. The molecule has 0 bridgehead atoms. The number of aromatic hydroxyl groups is 2. The summed E-state index contributed by atoms with van der Waals surface area (Å²) in [6.07, 6.45) is 0. The van der Waals surface area contributed by atoms with Crippen LogP contribution in [0.2, 0.25) is 0 Å². The molecule has 9 heteroatoms. The molecule has 1 heterocycles. The monoisotopic (exact) mass is 449 g/mol. The van der Waals surface area contributed by atoms with Gasteiger partial charge in [0.25, 0.3) is 5.69 Å². The number of nitrogens with zero attached hydrogens (tertiary/aromatic N) is 2. The van der Waals surface area contributed by atoms with Crippen LogP contribution >= 0.6 is 11.3 Å². The van der Waals surface area contributed by atoms with Gasteiger partial charge in [-0.25, -0.2) is 9.88 Å². The lowest BCUT2D eigenvalue weighted by molar-refractivity contribution is -0.665. The van der Waals surface area contributed by atoms with Crippen LogP contribution in [0.15, 0.2) is 78.2 Å². The number of nitro groups is 1. The molecule has 1 aromatic heterocycles. The molecule has 0 aliphatic carbocycles. The zero-order valence-electron chi connectivity index (χ0n) is 16.9. The molecule has 0 spiro atoms. The normalized spacial score (nSPS) is 10.6. The Morgan fingerprint density at radius 3 is 2.47 bits per heavy atom. The van der Waals surface area contributed by atoms with Gasteiger partial charge >= 0.3 is 5.13 Å². The van der Waals surface area contributed by atoms with Gasteiger partial charge in [-0.2, -0.15) is 0 Å². The van der Waals surface area contributed by atoms with E-state index in [1.54, 1.807) is 24.3 Å². The lowest BCUT2D eigenvalue weighted by atomic mass is 10.1. The molecule has 0 fully saturated rings. The maximum absolute atomic E-state index is 11.3.